The zero-order valence-corrected chi connectivity index (χ0v) is 8.54. The fourth-order valence-corrected chi connectivity index (χ4v) is 2.52. The van der Waals surface area contributed by atoms with Crippen LogP contribution in [0.25, 0.3) is 0 Å². The first-order chi connectivity index (χ1) is 5.61. The maximum atomic E-state index is 11.4. The van der Waals surface area contributed by atoms with Gasteiger partial charge in [-0.1, -0.05) is 0 Å². The molecule has 0 aliphatic carbocycles. The minimum Gasteiger partial charge on any atom is -0.331 e. The second kappa shape index (κ2) is 3.94. The summed E-state index contributed by atoms with van der Waals surface area (Å²) in [6.45, 7) is 1.32. The number of hydrogen-bond donors (Lipinski definition) is 0. The van der Waals surface area contributed by atoms with E-state index < -0.39 is 7.80 Å². The molecule has 4 nitrogen and oxygen atoms in total. The first-order valence-corrected chi connectivity index (χ1v) is 5.91. The molecule has 1 aliphatic rings. The number of carbonyl (C=O) groups is 1. The van der Waals surface area contributed by atoms with E-state index in [0.717, 1.165) is 0 Å². The molecule has 0 aromatic heterocycles. The molecule has 0 spiro atoms. The molecule has 1 heterocycles. The summed E-state index contributed by atoms with van der Waals surface area (Å²) >= 11 is 0. The van der Waals surface area contributed by atoms with Crippen molar-refractivity contribution in [2.24, 2.45) is 0 Å². The highest BCUT2D eigenvalue weighted by atomic mass is 31.1. The number of rotatable bonds is 0. The lowest BCUT2D eigenvalue weighted by atomic mass is 10.5. The normalized spacial score (nSPS) is 19.3. The number of amides is 2. The van der Waals surface area contributed by atoms with Crippen LogP contribution < -0.4 is 0 Å². The van der Waals surface area contributed by atoms with Crippen LogP contribution in [0, 0.1) is 0 Å². The van der Waals surface area contributed by atoms with Gasteiger partial charge in [0.1, 0.15) is 0 Å². The van der Waals surface area contributed by atoms with E-state index in [4.69, 9.17) is 0 Å². The van der Waals surface area contributed by atoms with E-state index in [0.29, 0.717) is 25.4 Å². The van der Waals surface area contributed by atoms with E-state index in [1.807, 2.05) is 0 Å². The van der Waals surface area contributed by atoms with E-state index in [-0.39, 0.29) is 6.03 Å². The Morgan fingerprint density at radius 3 is 2.25 bits per heavy atom. The first-order valence-electron chi connectivity index (χ1n) is 4.09. The highest BCUT2D eigenvalue weighted by Gasteiger charge is 2.20. The maximum absolute atomic E-state index is 11.4. The number of carbonyl (C=O) groups excluding carboxylic acids is 1. The molecule has 12 heavy (non-hydrogen) atoms. The van der Waals surface area contributed by atoms with Crippen LogP contribution in [0.3, 0.4) is 0 Å². The van der Waals surface area contributed by atoms with Gasteiger partial charge < -0.3 is 14.4 Å². The van der Waals surface area contributed by atoms with Gasteiger partial charge >= 0.3 is 6.03 Å². The Morgan fingerprint density at radius 1 is 1.33 bits per heavy atom. The zero-order chi connectivity index (χ0) is 9.14. The Balaban J connectivity index is 2.44. The minimum atomic E-state index is -1.35. The van der Waals surface area contributed by atoms with Gasteiger partial charge in [0.2, 0.25) is 0 Å². The largest absolute Gasteiger partial charge is 0.331 e. The van der Waals surface area contributed by atoms with Crippen molar-refractivity contribution in [1.29, 1.82) is 0 Å². The molecule has 0 saturated carbocycles. The lowest BCUT2D eigenvalue weighted by molar-refractivity contribution is 0.175. The fourth-order valence-electron chi connectivity index (χ4n) is 1.23. The van der Waals surface area contributed by atoms with Gasteiger partial charge in [-0.05, 0) is 0 Å². The monoisotopic (exact) mass is 190 g/mol. The van der Waals surface area contributed by atoms with E-state index in [2.05, 4.69) is 0 Å². The molecular weight excluding hydrogens is 175 g/mol. The molecule has 0 N–H and O–H groups in total. The Labute approximate surface area is 73.3 Å². The standard InChI is InChI=1S/C7H15N2O2P/c1-8(2)7(10)9-3-5-12(11)6-4-9/h12H,3-6H2,1-2H3. The molecule has 0 unspecified atom stereocenters. The van der Waals surface area contributed by atoms with Gasteiger partial charge in [-0.2, -0.15) is 0 Å². The highest BCUT2D eigenvalue weighted by Crippen LogP contribution is 2.24. The Hall–Kier alpha value is -0.500. The quantitative estimate of drug-likeness (QED) is 0.523. The molecule has 0 aromatic carbocycles. The minimum absolute atomic E-state index is 0.0319. The molecule has 0 aromatic rings. The van der Waals surface area contributed by atoms with Crippen molar-refractivity contribution in [1.82, 2.24) is 9.80 Å². The summed E-state index contributed by atoms with van der Waals surface area (Å²) in [5.41, 5.74) is 0. The Morgan fingerprint density at radius 2 is 1.83 bits per heavy atom. The van der Waals surface area contributed by atoms with Crippen LogP contribution >= 0.6 is 7.80 Å². The second-order valence-corrected chi connectivity index (χ2v) is 5.28. The number of hydrogen-bond acceptors (Lipinski definition) is 2. The Bertz CT molecular complexity index is 196. The van der Waals surface area contributed by atoms with E-state index in [1.54, 1.807) is 23.9 Å². The van der Waals surface area contributed by atoms with Gasteiger partial charge in [-0.15, -0.1) is 0 Å². The molecule has 0 atom stereocenters. The van der Waals surface area contributed by atoms with Gasteiger partial charge in [0.15, 0.2) is 0 Å². The SMILES string of the molecule is CN(C)C(=O)N1CC[PH](=O)CC1. The van der Waals surface area contributed by atoms with Gasteiger partial charge in [0.25, 0.3) is 0 Å². The van der Waals surface area contributed by atoms with Gasteiger partial charge in [0, 0.05) is 39.5 Å². The topological polar surface area (TPSA) is 40.6 Å². The van der Waals surface area contributed by atoms with Crippen molar-refractivity contribution in [3.05, 3.63) is 0 Å². The average molecular weight is 190 g/mol. The maximum Gasteiger partial charge on any atom is 0.319 e. The summed E-state index contributed by atoms with van der Waals surface area (Å²) < 4.78 is 11.0. The molecule has 70 valence electrons. The van der Waals surface area contributed by atoms with Crippen molar-refractivity contribution in [2.75, 3.05) is 39.5 Å². The number of urea groups is 1. The first kappa shape index (κ1) is 9.59. The molecule has 1 fully saturated rings. The molecule has 1 saturated heterocycles. The molecule has 5 heteroatoms. The number of nitrogens with zero attached hydrogens (tertiary/aromatic N) is 2. The van der Waals surface area contributed by atoms with Gasteiger partial charge in [-0.25, -0.2) is 4.79 Å². The molecule has 1 aliphatic heterocycles. The third-order valence-corrected chi connectivity index (χ3v) is 3.54. The van der Waals surface area contributed by atoms with Crippen LogP contribution in [-0.4, -0.2) is 55.3 Å². The van der Waals surface area contributed by atoms with E-state index in [1.165, 1.54) is 0 Å². The molecule has 1 rings (SSSR count). The summed E-state index contributed by atoms with van der Waals surface area (Å²) in [5.74, 6) is 0. The van der Waals surface area contributed by atoms with E-state index in [9.17, 15) is 9.36 Å². The smallest absolute Gasteiger partial charge is 0.319 e. The van der Waals surface area contributed by atoms with Crippen molar-refractivity contribution in [2.45, 2.75) is 0 Å². The highest BCUT2D eigenvalue weighted by molar-refractivity contribution is 7.44. The van der Waals surface area contributed by atoms with Gasteiger partial charge in [-0.3, -0.25) is 0 Å². The van der Waals surface area contributed by atoms with Crippen molar-refractivity contribution in [3.8, 4) is 0 Å². The summed E-state index contributed by atoms with van der Waals surface area (Å²) in [7, 11) is 2.13. The molecular formula is C7H15N2O2P. The predicted octanol–water partition coefficient (Wildman–Crippen LogP) is 0.543. The summed E-state index contributed by atoms with van der Waals surface area (Å²) in [6, 6.07) is 0.0319. The van der Waals surface area contributed by atoms with Crippen LogP contribution in [0.15, 0.2) is 0 Å². The average Bonchev–Trinajstić information content (AvgIpc) is 2.04. The molecule has 0 bridgehead atoms. The summed E-state index contributed by atoms with van der Waals surface area (Å²) in [4.78, 5) is 14.7. The van der Waals surface area contributed by atoms with Crippen LogP contribution in [0.4, 0.5) is 4.79 Å². The second-order valence-electron chi connectivity index (χ2n) is 3.20. The lowest BCUT2D eigenvalue weighted by Gasteiger charge is -2.29. The van der Waals surface area contributed by atoms with Crippen molar-refractivity contribution in [3.63, 3.8) is 0 Å². The predicted molar refractivity (Wildman–Crippen MR) is 49.4 cm³/mol. The van der Waals surface area contributed by atoms with E-state index >= 15 is 0 Å². The zero-order valence-electron chi connectivity index (χ0n) is 7.54. The summed E-state index contributed by atoms with van der Waals surface area (Å²) in [5, 5.41) is 0. The van der Waals surface area contributed by atoms with Crippen molar-refractivity contribution >= 4 is 13.8 Å². The Kier molecular flexibility index (Phi) is 3.15. The lowest BCUT2D eigenvalue weighted by Crippen LogP contribution is -2.43. The third kappa shape index (κ3) is 2.24. The third-order valence-electron chi connectivity index (χ3n) is 1.97. The molecule has 2 amide bonds. The fraction of sp³-hybridized carbons (Fsp3) is 0.857. The molecule has 0 radical (unpaired) electrons. The van der Waals surface area contributed by atoms with Crippen LogP contribution in [0.1, 0.15) is 0 Å². The summed E-state index contributed by atoms with van der Waals surface area (Å²) in [6.07, 6.45) is 1.40. The van der Waals surface area contributed by atoms with Crippen LogP contribution in [0.2, 0.25) is 0 Å². The van der Waals surface area contributed by atoms with Crippen LogP contribution in [0.5, 0.6) is 0 Å². The van der Waals surface area contributed by atoms with Crippen LogP contribution in [-0.2, 0) is 4.57 Å². The van der Waals surface area contributed by atoms with Crippen molar-refractivity contribution < 1.29 is 9.36 Å². The van der Waals surface area contributed by atoms with Gasteiger partial charge in [0.05, 0.1) is 7.80 Å².